The molecule has 30 heteroatoms. The zero-order valence-electron chi connectivity index (χ0n) is 46.8. The Morgan fingerprint density at radius 3 is 1.89 bits per heavy atom. The summed E-state index contributed by atoms with van der Waals surface area (Å²) in [5.41, 5.74) is 4.47. The number of fused-ring (bicyclic) bond motifs is 15. The SMILES string of the molecule is CN[C@H](CC(C)C)C(=O)N[C@H]1C(=O)N[C@@H](CC(N)=O)C(=O)N[C@H]2C(=O)N[C@H]3C(=O)N[C@H](C(=O)NCc4cc(O)cc(O)c4-c4cc3ccc4O)[C@H](O)c3ccc(c(Cl)c3)Oc3cc2cc(c3O[C@@H]2O[C@H](CO)[C@@H](O)[C@H](O)[C@H]2O)Oc2ccc(cc2Cl)[C@H]1O. The minimum Gasteiger partial charge on any atom is -0.508 e. The lowest BCUT2D eigenvalue weighted by molar-refractivity contribution is -0.277. The predicted molar refractivity (Wildman–Crippen MR) is 306 cm³/mol. The van der Waals surface area contributed by atoms with E-state index in [2.05, 4.69) is 37.2 Å². The molecule has 0 aliphatic carbocycles. The van der Waals surface area contributed by atoms with Crippen molar-refractivity contribution in [2.24, 2.45) is 11.7 Å². The Morgan fingerprint density at radius 1 is 0.682 bits per heavy atom. The molecule has 0 spiro atoms. The smallest absolute Gasteiger partial charge is 0.248 e. The first-order chi connectivity index (χ1) is 41.7. The fourth-order valence-corrected chi connectivity index (χ4v) is 10.9. The van der Waals surface area contributed by atoms with Crippen molar-refractivity contribution < 1.29 is 98.5 Å². The fraction of sp³-hybridized carbons (Fsp3) is 0.362. The number of phenolic OH excluding ortho intramolecular Hbond substituents is 3. The van der Waals surface area contributed by atoms with Crippen LogP contribution in [0, 0.1) is 5.92 Å². The quantitative estimate of drug-likeness (QED) is 0.0890. The average Bonchev–Trinajstić information content (AvgIpc) is 0.953. The van der Waals surface area contributed by atoms with Crippen LogP contribution < -0.4 is 57.2 Å². The van der Waals surface area contributed by atoms with Crippen molar-refractivity contribution in [3.05, 3.63) is 117 Å². The number of phenols is 3. The molecule has 88 heavy (non-hydrogen) atoms. The molecule has 6 aliphatic rings. The number of nitrogens with two attached hydrogens (primary N) is 1. The van der Waals surface area contributed by atoms with Crippen molar-refractivity contribution in [1.29, 1.82) is 0 Å². The number of aliphatic hydroxyl groups excluding tert-OH is 6. The molecule has 11 bridgehead atoms. The fourth-order valence-electron chi connectivity index (χ4n) is 10.5. The van der Waals surface area contributed by atoms with Gasteiger partial charge < -0.3 is 108 Å². The number of nitrogens with one attached hydrogen (secondary N) is 7. The van der Waals surface area contributed by atoms with Gasteiger partial charge in [-0.1, -0.05) is 55.2 Å². The molecule has 11 rings (SSSR count). The Bertz CT molecular complexity index is 3580. The second kappa shape index (κ2) is 26.4. The lowest BCUT2D eigenvalue weighted by atomic mass is 9.92. The van der Waals surface area contributed by atoms with E-state index in [-0.39, 0.29) is 67.3 Å². The summed E-state index contributed by atoms with van der Waals surface area (Å²) in [7, 11) is 1.49. The highest BCUT2D eigenvalue weighted by molar-refractivity contribution is 6.32. The van der Waals surface area contributed by atoms with Gasteiger partial charge in [-0.3, -0.25) is 33.6 Å². The van der Waals surface area contributed by atoms with E-state index in [4.69, 9.17) is 47.9 Å². The summed E-state index contributed by atoms with van der Waals surface area (Å²) in [5, 5.41) is 118. The summed E-state index contributed by atoms with van der Waals surface area (Å²) in [4.78, 5) is 102. The number of ether oxygens (including phenoxy) is 4. The lowest BCUT2D eigenvalue weighted by Crippen LogP contribution is -2.60. The topological polar surface area (TPSA) is 449 Å². The number of hydrogen-bond acceptors (Lipinski definition) is 21. The van der Waals surface area contributed by atoms with Gasteiger partial charge in [0.2, 0.25) is 53.4 Å². The largest absolute Gasteiger partial charge is 0.508 e. The van der Waals surface area contributed by atoms with Crippen molar-refractivity contribution in [1.82, 2.24) is 37.2 Å². The minimum absolute atomic E-state index is 0.0126. The van der Waals surface area contributed by atoms with Crippen LogP contribution in [0.15, 0.2) is 78.9 Å². The first kappa shape index (κ1) is 63.9. The number of hydrogen-bond donors (Lipinski definition) is 17. The predicted octanol–water partition coefficient (Wildman–Crippen LogP) is 0.243. The van der Waals surface area contributed by atoms with Crippen LogP contribution in [0.2, 0.25) is 10.0 Å². The molecular formula is C58H62Cl2N8O20. The molecule has 18 N–H and O–H groups in total. The standard InChI is InChI=1S/C58H62Cl2N8O20/c1-21(2)10-31(62-3)52(79)67-45-47(75)24-6-9-36(30(60)14-24)86-38-16-25-15-37(51(38)88-58-50(78)49(77)48(76)39(20-69)87-58)85-35-8-5-23(13-29(35)59)46(74)44-54(81)63-19-26-11-27(70)17-34(72)41(26)28-12-22(4-7-33(28)71)42(55(82)68-44)66-56(83)43(25)65-53(80)32(18-40(61)73)64-57(45)84/h4-9,11-17,21,31-32,39,42-50,58,62,69-72,74-78H,10,18-20H2,1-3H3,(H2,61,73)(H,63,81)(H,64,84)(H,65,80)(H,66,83)(H,67,79)(H,68,82)/t31-,32+,39-,42-,43-,44+,45-,46-,47-,48-,49+,50-,58+/m1/s1. The molecule has 0 aromatic heterocycles. The molecule has 28 nitrogen and oxygen atoms in total. The van der Waals surface area contributed by atoms with Crippen molar-refractivity contribution in [3.63, 3.8) is 0 Å². The van der Waals surface area contributed by atoms with Crippen molar-refractivity contribution in [2.75, 3.05) is 13.7 Å². The van der Waals surface area contributed by atoms with Crippen LogP contribution >= 0.6 is 23.2 Å². The van der Waals surface area contributed by atoms with Crippen LogP contribution in [-0.2, 0) is 44.8 Å². The molecule has 5 aromatic rings. The van der Waals surface area contributed by atoms with E-state index in [1.54, 1.807) is 0 Å². The number of carbonyl (C=O) groups is 7. The summed E-state index contributed by atoms with van der Waals surface area (Å²) in [6.45, 7) is 2.25. The molecule has 1 saturated heterocycles. The minimum atomic E-state index is -2.24. The van der Waals surface area contributed by atoms with Gasteiger partial charge in [0, 0.05) is 23.7 Å². The molecule has 0 radical (unpaired) electrons. The van der Waals surface area contributed by atoms with Crippen molar-refractivity contribution in [3.8, 4) is 57.1 Å². The zero-order chi connectivity index (χ0) is 63.7. The molecule has 468 valence electrons. The Morgan fingerprint density at radius 2 is 1.28 bits per heavy atom. The molecule has 0 unspecified atom stereocenters. The summed E-state index contributed by atoms with van der Waals surface area (Å²) >= 11 is 13.9. The van der Waals surface area contributed by atoms with Crippen LogP contribution in [-0.4, -0.2) is 156 Å². The normalized spacial score (nSPS) is 25.9. The monoisotopic (exact) mass is 1260 g/mol. The van der Waals surface area contributed by atoms with E-state index in [0.717, 1.165) is 36.4 Å². The average molecular weight is 1260 g/mol. The van der Waals surface area contributed by atoms with Crippen LogP contribution in [0.4, 0.5) is 0 Å². The number of carbonyl (C=O) groups excluding carboxylic acids is 7. The number of amides is 7. The zero-order valence-corrected chi connectivity index (χ0v) is 48.3. The molecule has 1 fully saturated rings. The number of benzene rings is 5. The Kier molecular flexibility index (Phi) is 19.2. The van der Waals surface area contributed by atoms with Gasteiger partial charge in [0.15, 0.2) is 11.5 Å². The third kappa shape index (κ3) is 13.5. The number of likely N-dealkylation sites (N-methyl/N-ethyl adjacent to an activating group) is 1. The molecule has 13 atom stereocenters. The number of rotatable bonds is 10. The van der Waals surface area contributed by atoms with E-state index < -0.39 is 180 Å². The van der Waals surface area contributed by atoms with Crippen molar-refractivity contribution >= 4 is 64.6 Å². The molecule has 6 heterocycles. The number of primary amides is 1. The van der Waals surface area contributed by atoms with Gasteiger partial charge in [-0.2, -0.15) is 0 Å². The maximum absolute atomic E-state index is 15.7. The Labute approximate surface area is 509 Å². The van der Waals surface area contributed by atoms with E-state index in [9.17, 15) is 65.1 Å². The number of aromatic hydroxyl groups is 3. The van der Waals surface area contributed by atoms with Gasteiger partial charge >= 0.3 is 0 Å². The summed E-state index contributed by atoms with van der Waals surface area (Å²) in [6, 6.07) is 3.55. The second-order valence-electron chi connectivity index (χ2n) is 21.7. The third-order valence-corrected chi connectivity index (χ3v) is 15.6. The molecular weight excluding hydrogens is 1200 g/mol. The molecule has 7 amide bonds. The van der Waals surface area contributed by atoms with Crippen molar-refractivity contribution in [2.45, 2.75) is 112 Å². The highest BCUT2D eigenvalue weighted by Crippen LogP contribution is 2.49. The van der Waals surface area contributed by atoms with Crippen LogP contribution in [0.5, 0.6) is 46.0 Å². The van der Waals surface area contributed by atoms with Gasteiger partial charge in [-0.05, 0) is 102 Å². The summed E-state index contributed by atoms with van der Waals surface area (Å²) in [6.07, 6.45) is -14.4. The Balaban J connectivity index is 1.31. The van der Waals surface area contributed by atoms with E-state index >= 15 is 14.4 Å². The van der Waals surface area contributed by atoms with Crippen LogP contribution in [0.3, 0.4) is 0 Å². The van der Waals surface area contributed by atoms with Gasteiger partial charge in [-0.15, -0.1) is 0 Å². The van der Waals surface area contributed by atoms with E-state index in [1.807, 2.05) is 13.8 Å². The maximum atomic E-state index is 15.7. The van der Waals surface area contributed by atoms with E-state index in [1.165, 1.54) is 49.5 Å². The second-order valence-corrected chi connectivity index (χ2v) is 22.5. The maximum Gasteiger partial charge on any atom is 0.248 e. The first-order valence-electron chi connectivity index (χ1n) is 27.3. The Hall–Kier alpha value is -8.55. The van der Waals surface area contributed by atoms with Gasteiger partial charge in [0.25, 0.3) is 0 Å². The first-order valence-corrected chi connectivity index (χ1v) is 28.1. The van der Waals surface area contributed by atoms with Gasteiger partial charge in [-0.25, -0.2) is 0 Å². The number of aliphatic hydroxyl groups is 6. The highest BCUT2D eigenvalue weighted by Gasteiger charge is 2.46. The molecule has 6 aliphatic heterocycles. The van der Waals surface area contributed by atoms with Gasteiger partial charge in [0.05, 0.1) is 29.1 Å². The number of halogens is 2. The lowest BCUT2D eigenvalue weighted by Gasteiger charge is -2.39. The highest BCUT2D eigenvalue weighted by atomic mass is 35.5. The van der Waals surface area contributed by atoms with E-state index in [0.29, 0.717) is 0 Å². The summed E-state index contributed by atoms with van der Waals surface area (Å²) in [5.74, 6) is -12.3. The van der Waals surface area contributed by atoms with Crippen LogP contribution in [0.25, 0.3) is 11.1 Å². The molecule has 0 saturated carbocycles. The molecule has 5 aromatic carbocycles. The summed E-state index contributed by atoms with van der Waals surface area (Å²) < 4.78 is 24.9. The van der Waals surface area contributed by atoms with Crippen LogP contribution in [0.1, 0.15) is 78.8 Å². The third-order valence-electron chi connectivity index (χ3n) is 15.1. The van der Waals surface area contributed by atoms with Gasteiger partial charge in [0.1, 0.15) is 95.6 Å².